The van der Waals surface area contributed by atoms with E-state index in [0.717, 1.165) is 12.8 Å². The fraction of sp³-hybridized carbons (Fsp3) is 0.500. The van der Waals surface area contributed by atoms with Crippen molar-refractivity contribution in [2.75, 3.05) is 0 Å². The van der Waals surface area contributed by atoms with Gasteiger partial charge in [-0.2, -0.15) is 0 Å². The number of hydrogen-bond acceptors (Lipinski definition) is 2. The number of thiophene rings is 1. The molecule has 76 valence electrons. The Morgan fingerprint density at radius 3 is 2.93 bits per heavy atom. The van der Waals surface area contributed by atoms with Crippen molar-refractivity contribution in [2.24, 2.45) is 0 Å². The van der Waals surface area contributed by atoms with Crippen molar-refractivity contribution in [3.8, 4) is 12.3 Å². The molecule has 14 heavy (non-hydrogen) atoms. The topological polar surface area (TPSA) is 12.0 Å². The van der Waals surface area contributed by atoms with Crippen LogP contribution < -0.4 is 5.32 Å². The van der Waals surface area contributed by atoms with E-state index in [2.05, 4.69) is 42.6 Å². The van der Waals surface area contributed by atoms with Crippen molar-refractivity contribution in [2.45, 2.75) is 38.8 Å². The zero-order valence-electron chi connectivity index (χ0n) is 8.79. The fourth-order valence-electron chi connectivity index (χ4n) is 1.43. The van der Waals surface area contributed by atoms with Crippen LogP contribution in [0.1, 0.15) is 37.6 Å². The molecular formula is C12H17NS. The standard InChI is InChI=1S/C12H17NS/c1-4-7-11(5-2)13-10(3)12-8-6-9-14-12/h2,6,8-11,13H,4,7H2,1,3H3. The summed E-state index contributed by atoms with van der Waals surface area (Å²) in [6.07, 6.45) is 7.62. The van der Waals surface area contributed by atoms with Gasteiger partial charge in [0.25, 0.3) is 0 Å². The maximum atomic E-state index is 5.45. The first-order valence-corrected chi connectivity index (χ1v) is 5.91. The summed E-state index contributed by atoms with van der Waals surface area (Å²) in [7, 11) is 0. The molecule has 0 amide bonds. The average Bonchev–Trinajstić information content (AvgIpc) is 2.69. The second-order valence-electron chi connectivity index (χ2n) is 3.41. The summed E-state index contributed by atoms with van der Waals surface area (Å²) in [6, 6.07) is 4.78. The van der Waals surface area contributed by atoms with Crippen LogP contribution in [0.25, 0.3) is 0 Å². The summed E-state index contributed by atoms with van der Waals surface area (Å²) in [5.41, 5.74) is 0. The maximum Gasteiger partial charge on any atom is 0.0691 e. The SMILES string of the molecule is C#CC(CCC)NC(C)c1cccs1. The van der Waals surface area contributed by atoms with Gasteiger partial charge in [0.05, 0.1) is 6.04 Å². The highest BCUT2D eigenvalue weighted by Gasteiger charge is 2.10. The summed E-state index contributed by atoms with van der Waals surface area (Å²) in [5, 5.41) is 5.54. The van der Waals surface area contributed by atoms with E-state index in [1.54, 1.807) is 11.3 Å². The highest BCUT2D eigenvalue weighted by Crippen LogP contribution is 2.19. The van der Waals surface area contributed by atoms with Gasteiger partial charge >= 0.3 is 0 Å². The average molecular weight is 207 g/mol. The Hall–Kier alpha value is -0.780. The zero-order chi connectivity index (χ0) is 10.4. The molecule has 1 N–H and O–H groups in total. The highest BCUT2D eigenvalue weighted by molar-refractivity contribution is 7.10. The fourth-order valence-corrected chi connectivity index (χ4v) is 2.17. The second kappa shape index (κ2) is 5.85. The number of rotatable bonds is 5. The van der Waals surface area contributed by atoms with Crippen LogP contribution >= 0.6 is 11.3 Å². The molecule has 0 radical (unpaired) electrons. The number of nitrogens with one attached hydrogen (secondary N) is 1. The van der Waals surface area contributed by atoms with Crippen LogP contribution in [0.5, 0.6) is 0 Å². The molecule has 1 heterocycles. The molecular weight excluding hydrogens is 190 g/mol. The Morgan fingerprint density at radius 2 is 2.43 bits per heavy atom. The molecule has 0 saturated heterocycles. The predicted octanol–water partition coefficient (Wildman–Crippen LogP) is 3.20. The molecule has 1 aromatic rings. The number of terminal acetylenes is 1. The first kappa shape index (κ1) is 11.3. The van der Waals surface area contributed by atoms with E-state index in [9.17, 15) is 0 Å². The van der Waals surface area contributed by atoms with Crippen molar-refractivity contribution >= 4 is 11.3 Å². The minimum Gasteiger partial charge on any atom is -0.296 e. The first-order valence-electron chi connectivity index (χ1n) is 5.03. The Morgan fingerprint density at radius 1 is 1.64 bits per heavy atom. The molecule has 2 heteroatoms. The monoisotopic (exact) mass is 207 g/mol. The van der Waals surface area contributed by atoms with Gasteiger partial charge in [0.2, 0.25) is 0 Å². The lowest BCUT2D eigenvalue weighted by Gasteiger charge is -2.17. The van der Waals surface area contributed by atoms with E-state index in [1.165, 1.54) is 4.88 Å². The number of hydrogen-bond donors (Lipinski definition) is 1. The summed E-state index contributed by atoms with van der Waals surface area (Å²) in [5.74, 6) is 2.79. The Kier molecular flexibility index (Phi) is 4.72. The van der Waals surface area contributed by atoms with Gasteiger partial charge in [-0.1, -0.05) is 25.3 Å². The molecule has 0 aliphatic carbocycles. The third-order valence-corrected chi connectivity index (χ3v) is 3.25. The molecule has 1 rings (SSSR count). The van der Waals surface area contributed by atoms with Crippen LogP contribution in [0.15, 0.2) is 17.5 Å². The van der Waals surface area contributed by atoms with Gasteiger partial charge in [0, 0.05) is 10.9 Å². The summed E-state index contributed by atoms with van der Waals surface area (Å²) >= 11 is 1.77. The molecule has 2 atom stereocenters. The molecule has 1 aromatic heterocycles. The summed E-state index contributed by atoms with van der Waals surface area (Å²) < 4.78 is 0. The van der Waals surface area contributed by atoms with Crippen molar-refractivity contribution < 1.29 is 0 Å². The van der Waals surface area contributed by atoms with Gasteiger partial charge < -0.3 is 0 Å². The van der Waals surface area contributed by atoms with E-state index < -0.39 is 0 Å². The first-order chi connectivity index (χ1) is 6.77. The Labute approximate surface area is 90.5 Å². The van der Waals surface area contributed by atoms with Gasteiger partial charge in [-0.3, -0.25) is 5.32 Å². The second-order valence-corrected chi connectivity index (χ2v) is 4.39. The molecule has 0 bridgehead atoms. The van der Waals surface area contributed by atoms with E-state index >= 15 is 0 Å². The Bertz CT molecular complexity index is 284. The van der Waals surface area contributed by atoms with Crippen LogP contribution in [-0.2, 0) is 0 Å². The lowest BCUT2D eigenvalue weighted by atomic mass is 10.1. The minimum absolute atomic E-state index is 0.206. The molecule has 0 aromatic carbocycles. The summed E-state index contributed by atoms with van der Waals surface area (Å²) in [4.78, 5) is 1.35. The Balaban J connectivity index is 2.47. The summed E-state index contributed by atoms with van der Waals surface area (Å²) in [6.45, 7) is 4.31. The predicted molar refractivity (Wildman–Crippen MR) is 63.4 cm³/mol. The quantitative estimate of drug-likeness (QED) is 0.731. The molecule has 0 saturated carbocycles. The smallest absolute Gasteiger partial charge is 0.0691 e. The third kappa shape index (κ3) is 3.17. The molecule has 2 unspecified atom stereocenters. The van der Waals surface area contributed by atoms with E-state index in [1.807, 2.05) is 0 Å². The molecule has 0 fully saturated rings. The van der Waals surface area contributed by atoms with Crippen LogP contribution in [0.2, 0.25) is 0 Å². The van der Waals surface area contributed by atoms with Crippen molar-refractivity contribution in [3.05, 3.63) is 22.4 Å². The van der Waals surface area contributed by atoms with E-state index in [-0.39, 0.29) is 6.04 Å². The largest absolute Gasteiger partial charge is 0.296 e. The van der Waals surface area contributed by atoms with Crippen molar-refractivity contribution in [3.63, 3.8) is 0 Å². The van der Waals surface area contributed by atoms with E-state index in [4.69, 9.17) is 6.42 Å². The molecule has 0 aliphatic rings. The highest BCUT2D eigenvalue weighted by atomic mass is 32.1. The van der Waals surface area contributed by atoms with Gasteiger partial charge in [-0.25, -0.2) is 0 Å². The van der Waals surface area contributed by atoms with Gasteiger partial charge in [-0.05, 0) is 24.8 Å². The third-order valence-electron chi connectivity index (χ3n) is 2.20. The van der Waals surface area contributed by atoms with Crippen LogP contribution in [0, 0.1) is 12.3 Å². The van der Waals surface area contributed by atoms with Crippen molar-refractivity contribution in [1.29, 1.82) is 0 Å². The molecule has 0 aliphatic heterocycles. The van der Waals surface area contributed by atoms with Gasteiger partial charge in [0.1, 0.15) is 0 Å². The van der Waals surface area contributed by atoms with E-state index in [0.29, 0.717) is 6.04 Å². The lowest BCUT2D eigenvalue weighted by molar-refractivity contribution is 0.500. The normalized spacial score (nSPS) is 14.6. The van der Waals surface area contributed by atoms with Gasteiger partial charge in [-0.15, -0.1) is 17.8 Å². The van der Waals surface area contributed by atoms with Crippen LogP contribution in [-0.4, -0.2) is 6.04 Å². The van der Waals surface area contributed by atoms with Crippen LogP contribution in [0.3, 0.4) is 0 Å². The molecule has 0 spiro atoms. The zero-order valence-corrected chi connectivity index (χ0v) is 9.60. The molecule has 1 nitrogen and oxygen atoms in total. The maximum absolute atomic E-state index is 5.45. The van der Waals surface area contributed by atoms with Gasteiger partial charge in [0.15, 0.2) is 0 Å². The lowest BCUT2D eigenvalue weighted by Crippen LogP contribution is -2.29. The van der Waals surface area contributed by atoms with Crippen LogP contribution in [0.4, 0.5) is 0 Å². The minimum atomic E-state index is 0.206. The van der Waals surface area contributed by atoms with Crippen molar-refractivity contribution in [1.82, 2.24) is 5.32 Å².